The number of aromatic nitrogens is 1. The molecule has 3 nitrogen and oxygen atoms in total. The maximum absolute atomic E-state index is 10.5. The minimum atomic E-state index is -1.15. The molecular weight excluding hydrogens is 154 g/mol. The Bertz CT molecular complexity index is 431. The first-order chi connectivity index (χ1) is 5.79. The van der Waals surface area contributed by atoms with Crippen molar-refractivity contribution in [1.82, 2.24) is 4.98 Å². The van der Waals surface area contributed by atoms with E-state index in [2.05, 4.69) is 4.98 Å². The highest BCUT2D eigenvalue weighted by Crippen LogP contribution is 2.16. The third-order valence-electron chi connectivity index (χ3n) is 1.81. The van der Waals surface area contributed by atoms with E-state index in [9.17, 15) is 9.90 Å². The normalized spacial score (nSPS) is 10.3. The molecule has 0 unspecified atom stereocenters. The number of benzene rings is 1. The van der Waals surface area contributed by atoms with E-state index >= 15 is 0 Å². The van der Waals surface area contributed by atoms with Crippen LogP contribution < -0.4 is 5.11 Å². The number of nitrogens with one attached hydrogen (secondary N) is 1. The van der Waals surface area contributed by atoms with Gasteiger partial charge in [0.25, 0.3) is 0 Å². The molecule has 0 saturated heterocycles. The predicted octanol–water partition coefficient (Wildman–Crippen LogP) is 0.531. The van der Waals surface area contributed by atoms with Gasteiger partial charge >= 0.3 is 0 Å². The van der Waals surface area contributed by atoms with Crippen molar-refractivity contribution in [3.63, 3.8) is 0 Å². The summed E-state index contributed by atoms with van der Waals surface area (Å²) in [6.45, 7) is 0. The third kappa shape index (κ3) is 0.871. The fourth-order valence-corrected chi connectivity index (χ4v) is 1.24. The smallest absolute Gasteiger partial charge is 0.0736 e. The number of hydrogen-bond donors (Lipinski definition) is 1. The first-order valence-corrected chi connectivity index (χ1v) is 3.56. The van der Waals surface area contributed by atoms with Gasteiger partial charge in [0.05, 0.1) is 5.97 Å². The van der Waals surface area contributed by atoms with Gasteiger partial charge in [0.2, 0.25) is 0 Å². The minimum Gasteiger partial charge on any atom is -0.545 e. The van der Waals surface area contributed by atoms with E-state index in [0.717, 1.165) is 5.52 Å². The first kappa shape index (κ1) is 6.91. The largest absolute Gasteiger partial charge is 0.545 e. The van der Waals surface area contributed by atoms with Gasteiger partial charge in [0, 0.05) is 22.7 Å². The van der Waals surface area contributed by atoms with Gasteiger partial charge in [0.15, 0.2) is 0 Å². The number of carboxylic acids is 1. The van der Waals surface area contributed by atoms with Crippen LogP contribution in [0.3, 0.4) is 0 Å². The topological polar surface area (TPSA) is 55.9 Å². The molecule has 2 rings (SSSR count). The lowest BCUT2D eigenvalue weighted by Crippen LogP contribution is -2.21. The molecule has 0 spiro atoms. The highest BCUT2D eigenvalue weighted by atomic mass is 16.4. The number of para-hydroxylation sites is 1. The van der Waals surface area contributed by atoms with Gasteiger partial charge in [-0.25, -0.2) is 0 Å². The number of fused-ring (bicyclic) bond motifs is 1. The van der Waals surface area contributed by atoms with Crippen LogP contribution >= 0.6 is 0 Å². The van der Waals surface area contributed by atoms with Crippen molar-refractivity contribution in [2.45, 2.75) is 0 Å². The van der Waals surface area contributed by atoms with Crippen molar-refractivity contribution in [3.8, 4) is 0 Å². The SMILES string of the molecule is O=C([O-])c1c[nH]c2ccccc12. The molecule has 0 aliphatic heterocycles. The van der Waals surface area contributed by atoms with Crippen LogP contribution in [0.25, 0.3) is 10.9 Å². The summed E-state index contributed by atoms with van der Waals surface area (Å²) in [6.07, 6.45) is 1.44. The summed E-state index contributed by atoms with van der Waals surface area (Å²) >= 11 is 0. The summed E-state index contributed by atoms with van der Waals surface area (Å²) in [6, 6.07) is 7.21. The van der Waals surface area contributed by atoms with Gasteiger partial charge in [-0.2, -0.15) is 0 Å². The Kier molecular flexibility index (Phi) is 1.37. The van der Waals surface area contributed by atoms with E-state index in [1.54, 1.807) is 12.1 Å². The van der Waals surface area contributed by atoms with E-state index in [1.807, 2.05) is 12.1 Å². The lowest BCUT2D eigenvalue weighted by Gasteiger charge is -1.97. The number of rotatable bonds is 1. The Balaban J connectivity index is 2.79. The molecule has 0 radical (unpaired) electrons. The Morgan fingerprint density at radius 2 is 2.08 bits per heavy atom. The van der Waals surface area contributed by atoms with Crippen molar-refractivity contribution < 1.29 is 9.90 Å². The molecule has 1 aromatic carbocycles. The van der Waals surface area contributed by atoms with Crippen LogP contribution in [0, 0.1) is 0 Å². The second-order valence-corrected chi connectivity index (χ2v) is 2.54. The van der Waals surface area contributed by atoms with E-state index in [0.29, 0.717) is 5.39 Å². The Labute approximate surface area is 68.6 Å². The van der Waals surface area contributed by atoms with Crippen molar-refractivity contribution in [1.29, 1.82) is 0 Å². The second kappa shape index (κ2) is 2.37. The van der Waals surface area contributed by atoms with Gasteiger partial charge in [-0.3, -0.25) is 0 Å². The molecule has 0 aliphatic rings. The first-order valence-electron chi connectivity index (χ1n) is 3.56. The molecule has 0 amide bonds. The molecule has 60 valence electrons. The number of carboxylic acid groups (broad SMARTS) is 1. The van der Waals surface area contributed by atoms with Gasteiger partial charge in [-0.05, 0) is 6.07 Å². The minimum absolute atomic E-state index is 0.214. The fourth-order valence-electron chi connectivity index (χ4n) is 1.24. The van der Waals surface area contributed by atoms with Crippen LogP contribution in [-0.2, 0) is 0 Å². The molecule has 0 atom stereocenters. The predicted molar refractivity (Wildman–Crippen MR) is 42.6 cm³/mol. The summed E-state index contributed by atoms with van der Waals surface area (Å²) in [4.78, 5) is 13.4. The van der Waals surface area contributed by atoms with Crippen molar-refractivity contribution >= 4 is 16.9 Å². The van der Waals surface area contributed by atoms with E-state index < -0.39 is 5.97 Å². The molecule has 0 aliphatic carbocycles. The van der Waals surface area contributed by atoms with Gasteiger partial charge in [-0.1, -0.05) is 18.2 Å². The molecule has 1 N–H and O–H groups in total. The second-order valence-electron chi connectivity index (χ2n) is 2.54. The van der Waals surface area contributed by atoms with Crippen LogP contribution in [0.4, 0.5) is 0 Å². The molecule has 0 saturated carbocycles. The van der Waals surface area contributed by atoms with Crippen LogP contribution in [-0.4, -0.2) is 11.0 Å². The zero-order chi connectivity index (χ0) is 8.55. The van der Waals surface area contributed by atoms with Crippen LogP contribution in [0.1, 0.15) is 10.4 Å². The zero-order valence-electron chi connectivity index (χ0n) is 6.20. The summed E-state index contributed by atoms with van der Waals surface area (Å²) < 4.78 is 0. The standard InChI is InChI=1S/C9H7NO2/c11-9(12)7-5-10-8-4-2-1-3-6(7)8/h1-5,10H,(H,11,12)/p-1. The van der Waals surface area contributed by atoms with Gasteiger partial charge in [0.1, 0.15) is 0 Å². The van der Waals surface area contributed by atoms with Crippen LogP contribution in [0.15, 0.2) is 30.5 Å². The Morgan fingerprint density at radius 1 is 1.33 bits per heavy atom. The van der Waals surface area contributed by atoms with E-state index in [1.165, 1.54) is 6.20 Å². The maximum Gasteiger partial charge on any atom is 0.0736 e. The molecule has 12 heavy (non-hydrogen) atoms. The number of aromatic amines is 1. The summed E-state index contributed by atoms with van der Waals surface area (Å²) in [5.74, 6) is -1.15. The zero-order valence-corrected chi connectivity index (χ0v) is 6.20. The summed E-state index contributed by atoms with van der Waals surface area (Å²) in [5.41, 5.74) is 1.03. The Hall–Kier alpha value is -1.77. The summed E-state index contributed by atoms with van der Waals surface area (Å²) in [7, 11) is 0. The van der Waals surface area contributed by atoms with E-state index in [-0.39, 0.29) is 5.56 Å². The average Bonchev–Trinajstić information content (AvgIpc) is 2.47. The number of carbonyl (C=O) groups excluding carboxylic acids is 1. The fraction of sp³-hybridized carbons (Fsp3) is 0. The molecule has 1 heterocycles. The number of H-pyrrole nitrogens is 1. The highest BCUT2D eigenvalue weighted by molar-refractivity contribution is 6.02. The van der Waals surface area contributed by atoms with Crippen molar-refractivity contribution in [3.05, 3.63) is 36.0 Å². The maximum atomic E-state index is 10.5. The molecule has 0 fully saturated rings. The quantitative estimate of drug-likeness (QED) is 0.661. The van der Waals surface area contributed by atoms with E-state index in [4.69, 9.17) is 0 Å². The molecule has 1 aromatic heterocycles. The number of carbonyl (C=O) groups is 1. The molecule has 2 aromatic rings. The molecular formula is C9H6NO2-. The lowest BCUT2D eigenvalue weighted by atomic mass is 10.2. The molecule has 3 heteroatoms. The number of hydrogen-bond acceptors (Lipinski definition) is 2. The molecule has 0 bridgehead atoms. The third-order valence-corrected chi connectivity index (χ3v) is 1.81. The Morgan fingerprint density at radius 3 is 2.83 bits per heavy atom. The monoisotopic (exact) mass is 160 g/mol. The van der Waals surface area contributed by atoms with Gasteiger partial charge < -0.3 is 14.9 Å². The van der Waals surface area contributed by atoms with Crippen molar-refractivity contribution in [2.24, 2.45) is 0 Å². The van der Waals surface area contributed by atoms with Crippen LogP contribution in [0.5, 0.6) is 0 Å². The average molecular weight is 160 g/mol. The highest BCUT2D eigenvalue weighted by Gasteiger charge is 2.01. The summed E-state index contributed by atoms with van der Waals surface area (Å²) in [5, 5.41) is 11.2. The van der Waals surface area contributed by atoms with Gasteiger partial charge in [-0.15, -0.1) is 0 Å². The van der Waals surface area contributed by atoms with Crippen molar-refractivity contribution in [2.75, 3.05) is 0 Å². The lowest BCUT2D eigenvalue weighted by molar-refractivity contribution is -0.254. The van der Waals surface area contributed by atoms with Crippen LogP contribution in [0.2, 0.25) is 0 Å². The number of aromatic carboxylic acids is 1.